The molecular weight excluding hydrogens is 258 g/mol. The van der Waals surface area contributed by atoms with E-state index in [0.29, 0.717) is 16.9 Å². The third kappa shape index (κ3) is 2.43. The Morgan fingerprint density at radius 2 is 2.05 bits per heavy atom. The maximum absolute atomic E-state index is 12.2. The van der Waals surface area contributed by atoms with Gasteiger partial charge in [-0.25, -0.2) is 8.42 Å². The van der Waals surface area contributed by atoms with Crippen molar-refractivity contribution >= 4 is 9.84 Å². The Kier molecular flexibility index (Phi) is 3.39. The number of fused-ring (bicyclic) bond motifs is 1. The van der Waals surface area contributed by atoms with Crippen LogP contribution in [0.15, 0.2) is 29.2 Å². The summed E-state index contributed by atoms with van der Waals surface area (Å²) in [5, 5.41) is 3.56. The summed E-state index contributed by atoms with van der Waals surface area (Å²) in [6.45, 7) is 3.08. The van der Waals surface area contributed by atoms with Crippen LogP contribution in [0.5, 0.6) is 0 Å². The molecule has 1 N–H and O–H groups in total. The highest BCUT2D eigenvalue weighted by atomic mass is 32.2. The summed E-state index contributed by atoms with van der Waals surface area (Å²) in [5.74, 6) is 0.785. The molecule has 2 atom stereocenters. The van der Waals surface area contributed by atoms with Crippen LogP contribution in [-0.4, -0.2) is 26.8 Å². The van der Waals surface area contributed by atoms with Gasteiger partial charge in [-0.05, 0) is 36.9 Å². The van der Waals surface area contributed by atoms with Crippen LogP contribution in [0.25, 0.3) is 0 Å². The Morgan fingerprint density at radius 3 is 2.74 bits per heavy atom. The molecule has 2 aliphatic rings. The first-order chi connectivity index (χ1) is 9.08. The average molecular weight is 279 g/mol. The number of nitrogens with one attached hydrogen (secondary N) is 1. The number of hydrogen-bond donors (Lipinski definition) is 1. The van der Waals surface area contributed by atoms with Crippen molar-refractivity contribution in [1.29, 1.82) is 0 Å². The lowest BCUT2D eigenvalue weighted by Gasteiger charge is -2.29. The molecule has 0 aromatic heterocycles. The van der Waals surface area contributed by atoms with Crippen molar-refractivity contribution in [3.63, 3.8) is 0 Å². The summed E-state index contributed by atoms with van der Waals surface area (Å²) in [6, 6.07) is 8.14. The molecule has 19 heavy (non-hydrogen) atoms. The normalized spacial score (nSPS) is 26.7. The fourth-order valence-electron chi connectivity index (χ4n) is 3.06. The molecule has 1 aromatic carbocycles. The van der Waals surface area contributed by atoms with Gasteiger partial charge in [-0.2, -0.15) is 0 Å². The summed E-state index contributed by atoms with van der Waals surface area (Å²) in [4.78, 5) is 0.551. The lowest BCUT2D eigenvalue weighted by Crippen LogP contribution is -2.38. The quantitative estimate of drug-likeness (QED) is 0.920. The van der Waals surface area contributed by atoms with E-state index in [2.05, 4.69) is 12.2 Å². The molecule has 0 spiro atoms. The number of sulfone groups is 1. The minimum atomic E-state index is -3.06. The molecule has 1 aromatic rings. The lowest BCUT2D eigenvalue weighted by atomic mass is 9.87. The standard InChI is InChI=1S/C15H21NO2S/c1-11(9-16-12-5-4-6-12)14-10-19(17,18)15-8-3-2-7-13(14)15/h2-3,7-8,11-12,14,16H,4-6,9-10H2,1H3. The van der Waals surface area contributed by atoms with Gasteiger partial charge in [0.25, 0.3) is 0 Å². The van der Waals surface area contributed by atoms with Crippen LogP contribution >= 0.6 is 0 Å². The first kappa shape index (κ1) is 13.1. The van der Waals surface area contributed by atoms with Gasteiger partial charge in [0.2, 0.25) is 0 Å². The second-order valence-electron chi connectivity index (χ2n) is 5.94. The van der Waals surface area contributed by atoms with Crippen LogP contribution in [0.3, 0.4) is 0 Å². The Labute approximate surface area is 115 Å². The first-order valence-corrected chi connectivity index (χ1v) is 8.78. The number of hydrogen-bond acceptors (Lipinski definition) is 3. The van der Waals surface area contributed by atoms with Crippen LogP contribution in [0.2, 0.25) is 0 Å². The fraction of sp³-hybridized carbons (Fsp3) is 0.600. The molecule has 3 rings (SSSR count). The zero-order chi connectivity index (χ0) is 13.5. The smallest absolute Gasteiger partial charge is 0.179 e. The monoisotopic (exact) mass is 279 g/mol. The van der Waals surface area contributed by atoms with Crippen LogP contribution in [0, 0.1) is 5.92 Å². The zero-order valence-electron chi connectivity index (χ0n) is 11.3. The Balaban J connectivity index is 1.75. The fourth-order valence-corrected chi connectivity index (χ4v) is 5.09. The van der Waals surface area contributed by atoms with Crippen LogP contribution in [0.4, 0.5) is 0 Å². The van der Waals surface area contributed by atoms with Gasteiger partial charge in [0, 0.05) is 12.0 Å². The topological polar surface area (TPSA) is 46.2 Å². The van der Waals surface area contributed by atoms with Crippen molar-refractivity contribution < 1.29 is 8.42 Å². The molecule has 1 aliphatic carbocycles. The van der Waals surface area contributed by atoms with Crippen molar-refractivity contribution in [2.24, 2.45) is 5.92 Å². The van der Waals surface area contributed by atoms with Crippen molar-refractivity contribution in [2.45, 2.75) is 43.0 Å². The molecule has 0 bridgehead atoms. The van der Waals surface area contributed by atoms with E-state index in [1.165, 1.54) is 19.3 Å². The van der Waals surface area contributed by atoms with Gasteiger partial charge < -0.3 is 5.32 Å². The lowest BCUT2D eigenvalue weighted by molar-refractivity contribution is 0.311. The molecule has 1 fully saturated rings. The van der Waals surface area contributed by atoms with Gasteiger partial charge in [0.1, 0.15) is 0 Å². The van der Waals surface area contributed by atoms with E-state index in [1.54, 1.807) is 6.07 Å². The molecule has 4 heteroatoms. The number of benzene rings is 1. The molecular formula is C15H21NO2S. The maximum atomic E-state index is 12.2. The predicted octanol–water partition coefficient (Wildman–Crippen LogP) is 2.34. The van der Waals surface area contributed by atoms with Crippen molar-refractivity contribution in [2.75, 3.05) is 12.3 Å². The molecule has 0 amide bonds. The average Bonchev–Trinajstić information content (AvgIpc) is 2.60. The van der Waals surface area contributed by atoms with Gasteiger partial charge in [0.15, 0.2) is 9.84 Å². The van der Waals surface area contributed by atoms with E-state index in [1.807, 2.05) is 18.2 Å². The van der Waals surface area contributed by atoms with E-state index in [-0.39, 0.29) is 11.7 Å². The van der Waals surface area contributed by atoms with Gasteiger partial charge in [-0.3, -0.25) is 0 Å². The summed E-state index contributed by atoms with van der Waals surface area (Å²) in [6.07, 6.45) is 3.87. The Bertz CT molecular complexity index is 563. The molecule has 3 nitrogen and oxygen atoms in total. The van der Waals surface area contributed by atoms with Crippen molar-refractivity contribution in [3.05, 3.63) is 29.8 Å². The summed E-state index contributed by atoms with van der Waals surface area (Å²) < 4.78 is 24.3. The molecule has 2 unspecified atom stereocenters. The molecule has 104 valence electrons. The summed E-state index contributed by atoms with van der Waals surface area (Å²) in [5.41, 5.74) is 1.02. The first-order valence-electron chi connectivity index (χ1n) is 7.13. The Morgan fingerprint density at radius 1 is 1.32 bits per heavy atom. The minimum absolute atomic E-state index is 0.147. The van der Waals surface area contributed by atoms with Gasteiger partial charge in [0.05, 0.1) is 10.6 Å². The second kappa shape index (κ2) is 4.91. The third-order valence-corrected chi connectivity index (χ3v) is 6.41. The summed E-state index contributed by atoms with van der Waals surface area (Å²) >= 11 is 0. The molecule has 1 saturated carbocycles. The number of rotatable bonds is 4. The van der Waals surface area contributed by atoms with Crippen LogP contribution in [0.1, 0.15) is 37.7 Å². The van der Waals surface area contributed by atoms with Gasteiger partial charge in [-0.15, -0.1) is 0 Å². The minimum Gasteiger partial charge on any atom is -0.314 e. The highest BCUT2D eigenvalue weighted by molar-refractivity contribution is 7.91. The largest absolute Gasteiger partial charge is 0.314 e. The molecule has 1 aliphatic heterocycles. The van der Waals surface area contributed by atoms with E-state index < -0.39 is 9.84 Å². The van der Waals surface area contributed by atoms with Crippen molar-refractivity contribution in [3.8, 4) is 0 Å². The highest BCUT2D eigenvalue weighted by Gasteiger charge is 2.37. The van der Waals surface area contributed by atoms with E-state index in [9.17, 15) is 8.42 Å². The maximum Gasteiger partial charge on any atom is 0.179 e. The molecule has 1 heterocycles. The van der Waals surface area contributed by atoms with Gasteiger partial charge in [-0.1, -0.05) is 31.5 Å². The molecule has 0 saturated heterocycles. The highest BCUT2D eigenvalue weighted by Crippen LogP contribution is 2.39. The Hall–Kier alpha value is -0.870. The summed E-state index contributed by atoms with van der Waals surface area (Å²) in [7, 11) is -3.06. The van der Waals surface area contributed by atoms with E-state index in [4.69, 9.17) is 0 Å². The van der Waals surface area contributed by atoms with Gasteiger partial charge >= 0.3 is 0 Å². The van der Waals surface area contributed by atoms with E-state index >= 15 is 0 Å². The van der Waals surface area contributed by atoms with Crippen LogP contribution in [-0.2, 0) is 9.84 Å². The van der Waals surface area contributed by atoms with Crippen LogP contribution < -0.4 is 5.32 Å². The SMILES string of the molecule is CC(CNC1CCC1)C1CS(=O)(=O)c2ccccc21. The zero-order valence-corrected chi connectivity index (χ0v) is 12.1. The second-order valence-corrected chi connectivity index (χ2v) is 7.94. The predicted molar refractivity (Wildman–Crippen MR) is 76.0 cm³/mol. The van der Waals surface area contributed by atoms with Crippen molar-refractivity contribution in [1.82, 2.24) is 5.32 Å². The third-order valence-electron chi connectivity index (χ3n) is 4.57. The molecule has 0 radical (unpaired) electrons. The van der Waals surface area contributed by atoms with E-state index in [0.717, 1.165) is 12.1 Å².